The van der Waals surface area contributed by atoms with E-state index in [-0.39, 0.29) is 5.82 Å². The van der Waals surface area contributed by atoms with Crippen LogP contribution >= 0.6 is 11.6 Å². The highest BCUT2D eigenvalue weighted by Gasteiger charge is 2.17. The second-order valence-electron chi connectivity index (χ2n) is 6.28. The van der Waals surface area contributed by atoms with Gasteiger partial charge in [-0.2, -0.15) is 5.10 Å². The molecular formula is C22H13ClFN3. The van der Waals surface area contributed by atoms with Crippen LogP contribution in [0, 0.1) is 5.82 Å². The van der Waals surface area contributed by atoms with Crippen LogP contribution in [0.1, 0.15) is 0 Å². The van der Waals surface area contributed by atoms with Crippen molar-refractivity contribution in [3.05, 3.63) is 89.8 Å². The summed E-state index contributed by atoms with van der Waals surface area (Å²) in [6, 6.07) is 21.8. The Morgan fingerprint density at radius 1 is 0.815 bits per heavy atom. The Balaban J connectivity index is 1.88. The summed E-state index contributed by atoms with van der Waals surface area (Å²) in [5.74, 6) is -0.278. The Hall–Kier alpha value is -3.24. The second-order valence-corrected chi connectivity index (χ2v) is 6.72. The maximum absolute atomic E-state index is 13.4. The number of hydrogen-bond donors (Lipinski definition) is 0. The number of nitrogens with zero attached hydrogens (tertiary/aromatic N) is 3. The van der Waals surface area contributed by atoms with Crippen molar-refractivity contribution in [3.63, 3.8) is 0 Å². The van der Waals surface area contributed by atoms with Gasteiger partial charge in [0.1, 0.15) is 11.5 Å². The first-order valence-electron chi connectivity index (χ1n) is 8.49. The van der Waals surface area contributed by atoms with Crippen LogP contribution in [0.25, 0.3) is 38.8 Å². The second kappa shape index (κ2) is 6.18. The van der Waals surface area contributed by atoms with Crippen molar-refractivity contribution in [1.82, 2.24) is 14.8 Å². The molecular weight excluding hydrogens is 361 g/mol. The largest absolute Gasteiger partial charge is 0.255 e. The number of halogens is 2. The van der Waals surface area contributed by atoms with Gasteiger partial charge in [-0.3, -0.25) is 4.98 Å². The molecule has 0 atom stereocenters. The average Bonchev–Trinajstić information content (AvgIpc) is 3.09. The summed E-state index contributed by atoms with van der Waals surface area (Å²) >= 11 is 6.04. The summed E-state index contributed by atoms with van der Waals surface area (Å²) in [5.41, 5.74) is 4.37. The van der Waals surface area contributed by atoms with Gasteiger partial charge in [-0.05, 0) is 42.5 Å². The van der Waals surface area contributed by atoms with Gasteiger partial charge >= 0.3 is 0 Å². The fourth-order valence-electron chi connectivity index (χ4n) is 3.32. The molecule has 0 amide bonds. The molecule has 27 heavy (non-hydrogen) atoms. The molecule has 2 heterocycles. The summed E-state index contributed by atoms with van der Waals surface area (Å²) in [5, 5.41) is 7.44. The zero-order chi connectivity index (χ0) is 18.4. The topological polar surface area (TPSA) is 30.7 Å². The number of para-hydroxylation sites is 1. The summed E-state index contributed by atoms with van der Waals surface area (Å²) in [4.78, 5) is 4.59. The smallest absolute Gasteiger partial charge is 0.123 e. The highest BCUT2D eigenvalue weighted by atomic mass is 35.5. The minimum atomic E-state index is -0.278. The molecule has 5 heteroatoms. The van der Waals surface area contributed by atoms with E-state index < -0.39 is 0 Å². The van der Waals surface area contributed by atoms with Gasteiger partial charge in [-0.15, -0.1) is 0 Å². The number of aromatic nitrogens is 3. The first kappa shape index (κ1) is 16.0. The summed E-state index contributed by atoms with van der Waals surface area (Å²) in [6.07, 6.45) is 1.84. The molecule has 5 rings (SSSR count). The lowest BCUT2D eigenvalue weighted by Gasteiger charge is -2.05. The number of hydrogen-bond acceptors (Lipinski definition) is 2. The maximum atomic E-state index is 13.4. The molecule has 5 aromatic rings. The Labute approximate surface area is 159 Å². The highest BCUT2D eigenvalue weighted by molar-refractivity contribution is 6.30. The van der Waals surface area contributed by atoms with Crippen LogP contribution < -0.4 is 0 Å². The van der Waals surface area contributed by atoms with Crippen molar-refractivity contribution in [2.45, 2.75) is 0 Å². The molecule has 3 aromatic carbocycles. The zero-order valence-electron chi connectivity index (χ0n) is 14.1. The van der Waals surface area contributed by atoms with E-state index in [0.717, 1.165) is 38.8 Å². The van der Waals surface area contributed by atoms with Gasteiger partial charge in [0, 0.05) is 27.6 Å². The van der Waals surface area contributed by atoms with Crippen molar-refractivity contribution in [2.24, 2.45) is 0 Å². The fraction of sp³-hybridized carbons (Fsp3) is 0. The van der Waals surface area contributed by atoms with E-state index in [1.54, 1.807) is 12.1 Å². The van der Waals surface area contributed by atoms with E-state index in [0.29, 0.717) is 5.02 Å². The van der Waals surface area contributed by atoms with Crippen molar-refractivity contribution >= 4 is 33.4 Å². The molecule has 0 fully saturated rings. The third-order valence-corrected chi connectivity index (χ3v) is 4.85. The number of pyridine rings is 1. The maximum Gasteiger partial charge on any atom is 0.123 e. The lowest BCUT2D eigenvalue weighted by molar-refractivity contribution is 0.627. The zero-order valence-corrected chi connectivity index (χ0v) is 14.9. The van der Waals surface area contributed by atoms with E-state index >= 15 is 0 Å². The van der Waals surface area contributed by atoms with E-state index in [9.17, 15) is 4.39 Å². The number of rotatable bonds is 2. The van der Waals surface area contributed by atoms with E-state index in [1.165, 1.54) is 12.1 Å². The van der Waals surface area contributed by atoms with Crippen molar-refractivity contribution in [2.75, 3.05) is 0 Å². The van der Waals surface area contributed by atoms with Crippen molar-refractivity contribution < 1.29 is 4.39 Å². The highest BCUT2D eigenvalue weighted by Crippen LogP contribution is 2.34. The molecule has 3 nitrogen and oxygen atoms in total. The van der Waals surface area contributed by atoms with Gasteiger partial charge in [-0.1, -0.05) is 41.9 Å². The predicted octanol–water partition coefficient (Wildman–Crippen LogP) is 6.03. The van der Waals surface area contributed by atoms with Gasteiger partial charge in [0.2, 0.25) is 0 Å². The molecule has 0 aliphatic rings. The average molecular weight is 374 g/mol. The molecule has 0 N–H and O–H groups in total. The van der Waals surface area contributed by atoms with Gasteiger partial charge in [0.05, 0.1) is 16.7 Å². The Morgan fingerprint density at radius 2 is 1.56 bits per heavy atom. The van der Waals surface area contributed by atoms with E-state index in [1.807, 2.05) is 59.4 Å². The summed E-state index contributed by atoms with van der Waals surface area (Å²) in [7, 11) is 0. The Morgan fingerprint density at radius 3 is 2.33 bits per heavy atom. The monoisotopic (exact) mass is 373 g/mol. The first-order valence-corrected chi connectivity index (χ1v) is 8.87. The molecule has 0 radical (unpaired) electrons. The number of fused-ring (bicyclic) bond motifs is 3. The lowest BCUT2D eigenvalue weighted by Crippen LogP contribution is -1.97. The molecule has 0 bridgehead atoms. The standard InChI is InChI=1S/C22H13ClFN3/c23-15-7-5-14(6-8-15)21-19-13-25-20-4-2-1-3-18(20)22(19)27(26-21)17-11-9-16(24)10-12-17/h1-13H. The molecule has 0 aliphatic heterocycles. The minimum Gasteiger partial charge on any atom is -0.255 e. The minimum absolute atomic E-state index is 0.278. The Kier molecular flexibility index (Phi) is 3.66. The fourth-order valence-corrected chi connectivity index (χ4v) is 3.45. The molecule has 0 unspecified atom stereocenters. The summed E-state index contributed by atoms with van der Waals surface area (Å²) in [6.45, 7) is 0. The first-order chi connectivity index (χ1) is 13.2. The van der Waals surface area contributed by atoms with E-state index in [2.05, 4.69) is 4.98 Å². The van der Waals surface area contributed by atoms with Gasteiger partial charge in [-0.25, -0.2) is 9.07 Å². The molecule has 0 saturated heterocycles. The molecule has 2 aromatic heterocycles. The van der Waals surface area contributed by atoms with E-state index in [4.69, 9.17) is 16.7 Å². The van der Waals surface area contributed by atoms with Crippen LogP contribution in [0.15, 0.2) is 79.0 Å². The van der Waals surface area contributed by atoms with Crippen LogP contribution in [0.3, 0.4) is 0 Å². The van der Waals surface area contributed by atoms with Gasteiger partial charge in [0.25, 0.3) is 0 Å². The van der Waals surface area contributed by atoms with Crippen LogP contribution in [-0.4, -0.2) is 14.8 Å². The van der Waals surface area contributed by atoms with Gasteiger partial charge in [0.15, 0.2) is 0 Å². The number of benzene rings is 3. The normalized spacial score (nSPS) is 11.3. The van der Waals surface area contributed by atoms with Crippen LogP contribution in [0.2, 0.25) is 5.02 Å². The molecule has 0 aliphatic carbocycles. The molecule has 130 valence electrons. The predicted molar refractivity (Wildman–Crippen MR) is 107 cm³/mol. The Bertz CT molecular complexity index is 1280. The van der Waals surface area contributed by atoms with Crippen LogP contribution in [0.5, 0.6) is 0 Å². The van der Waals surface area contributed by atoms with Crippen molar-refractivity contribution in [3.8, 4) is 16.9 Å². The third kappa shape index (κ3) is 2.66. The quantitative estimate of drug-likeness (QED) is 0.378. The van der Waals surface area contributed by atoms with Crippen LogP contribution in [0.4, 0.5) is 4.39 Å². The lowest BCUT2D eigenvalue weighted by atomic mass is 10.1. The van der Waals surface area contributed by atoms with Crippen molar-refractivity contribution in [1.29, 1.82) is 0 Å². The van der Waals surface area contributed by atoms with Crippen LogP contribution in [-0.2, 0) is 0 Å². The SMILES string of the molecule is Fc1ccc(-n2nc(-c3ccc(Cl)cc3)c3cnc4ccccc4c32)cc1. The third-order valence-electron chi connectivity index (χ3n) is 4.60. The molecule has 0 spiro atoms. The summed E-state index contributed by atoms with van der Waals surface area (Å²) < 4.78 is 15.3. The van der Waals surface area contributed by atoms with Gasteiger partial charge < -0.3 is 0 Å². The molecule has 0 saturated carbocycles.